The zero-order valence-corrected chi connectivity index (χ0v) is 22.8. The molecule has 2 aromatic carbocycles. The monoisotopic (exact) mass is 527 g/mol. The van der Waals surface area contributed by atoms with Gasteiger partial charge in [-0.15, -0.1) is 0 Å². The Morgan fingerprint density at radius 1 is 0.947 bits per heavy atom. The molecule has 11 heteroatoms. The molecule has 38 heavy (non-hydrogen) atoms. The Morgan fingerprint density at radius 3 is 2.21 bits per heavy atom. The second kappa shape index (κ2) is 13.9. The molecule has 0 spiro atoms. The Bertz CT molecular complexity index is 1150. The number of amides is 5. The zero-order chi connectivity index (χ0) is 28.4. The second-order valence-electron chi connectivity index (χ2n) is 9.18. The largest absolute Gasteiger partial charge is 0.495 e. The standard InChI is InChI=1S/C27H37N5O6/c1-18-9-7-8-10-21(18)28-26(36)29-22-12-11-20(16-23(22)38-6)17-24(33)30(3)13-14-31(4)27(37)32(5)19(2)15-25(34)35/h7-12,16,19H,13-15,17H2,1-6H3,(H,34,35)(H2,28,29,36). The van der Waals surface area contributed by atoms with Crippen LogP contribution in [0.5, 0.6) is 5.75 Å². The van der Waals surface area contributed by atoms with E-state index in [2.05, 4.69) is 10.6 Å². The van der Waals surface area contributed by atoms with Gasteiger partial charge in [0.1, 0.15) is 5.75 Å². The first-order valence-corrected chi connectivity index (χ1v) is 12.2. The van der Waals surface area contributed by atoms with Crippen LogP contribution in [-0.2, 0) is 16.0 Å². The normalized spacial score (nSPS) is 11.2. The molecule has 0 aliphatic carbocycles. The number of urea groups is 2. The third-order valence-corrected chi connectivity index (χ3v) is 6.22. The Hall–Kier alpha value is -4.28. The molecule has 1 unspecified atom stereocenters. The fourth-order valence-electron chi connectivity index (χ4n) is 3.62. The highest BCUT2D eigenvalue weighted by atomic mass is 16.5. The van der Waals surface area contributed by atoms with Crippen molar-refractivity contribution in [3.63, 3.8) is 0 Å². The smallest absolute Gasteiger partial charge is 0.323 e. The Balaban J connectivity index is 1.92. The van der Waals surface area contributed by atoms with E-state index < -0.39 is 18.0 Å². The molecule has 0 saturated heterocycles. The minimum absolute atomic E-state index is 0.107. The summed E-state index contributed by atoms with van der Waals surface area (Å²) in [6.07, 6.45) is -0.0423. The van der Waals surface area contributed by atoms with Gasteiger partial charge in [0, 0.05) is 46.0 Å². The van der Waals surface area contributed by atoms with Crippen LogP contribution in [0.25, 0.3) is 0 Å². The molecule has 206 valence electrons. The van der Waals surface area contributed by atoms with Crippen LogP contribution >= 0.6 is 0 Å². The SMILES string of the molecule is COc1cc(CC(=O)N(C)CCN(C)C(=O)N(C)C(C)CC(=O)O)ccc1NC(=O)Nc1ccccc1C. The predicted molar refractivity (Wildman–Crippen MR) is 146 cm³/mol. The maximum atomic E-state index is 12.8. The van der Waals surface area contributed by atoms with Crippen molar-refractivity contribution in [1.82, 2.24) is 14.7 Å². The summed E-state index contributed by atoms with van der Waals surface area (Å²) >= 11 is 0. The molecular weight excluding hydrogens is 490 g/mol. The molecule has 5 amide bonds. The number of carbonyl (C=O) groups excluding carboxylic acids is 3. The number of likely N-dealkylation sites (N-methyl/N-ethyl adjacent to an activating group) is 2. The van der Waals surface area contributed by atoms with Gasteiger partial charge in [-0.25, -0.2) is 9.59 Å². The van der Waals surface area contributed by atoms with Crippen molar-refractivity contribution in [2.45, 2.75) is 32.7 Å². The van der Waals surface area contributed by atoms with Crippen LogP contribution in [0.1, 0.15) is 24.5 Å². The first-order chi connectivity index (χ1) is 17.9. The fraction of sp³-hybridized carbons (Fsp3) is 0.407. The number of hydrogen-bond donors (Lipinski definition) is 3. The lowest BCUT2D eigenvalue weighted by molar-refractivity contribution is -0.138. The van der Waals surface area contributed by atoms with Crippen molar-refractivity contribution in [3.8, 4) is 5.75 Å². The van der Waals surface area contributed by atoms with Gasteiger partial charge in [-0.2, -0.15) is 0 Å². The van der Waals surface area contributed by atoms with Gasteiger partial charge >= 0.3 is 18.0 Å². The summed E-state index contributed by atoms with van der Waals surface area (Å²) in [5, 5.41) is 14.5. The van der Waals surface area contributed by atoms with Gasteiger partial charge in [0.15, 0.2) is 0 Å². The lowest BCUT2D eigenvalue weighted by atomic mass is 10.1. The van der Waals surface area contributed by atoms with Crippen LogP contribution in [0.2, 0.25) is 0 Å². The van der Waals surface area contributed by atoms with Gasteiger partial charge in [0.25, 0.3) is 0 Å². The highest BCUT2D eigenvalue weighted by Gasteiger charge is 2.22. The molecular formula is C27H37N5O6. The number of aliphatic carboxylic acids is 1. The Morgan fingerprint density at radius 2 is 1.58 bits per heavy atom. The van der Waals surface area contributed by atoms with E-state index in [4.69, 9.17) is 9.84 Å². The summed E-state index contributed by atoms with van der Waals surface area (Å²) in [4.78, 5) is 53.0. The predicted octanol–water partition coefficient (Wildman–Crippen LogP) is 3.50. The van der Waals surface area contributed by atoms with Gasteiger partial charge < -0.3 is 35.2 Å². The number of anilines is 2. The fourth-order valence-corrected chi connectivity index (χ4v) is 3.62. The molecule has 0 saturated carbocycles. The molecule has 0 aromatic heterocycles. The van der Waals surface area contributed by atoms with E-state index in [0.717, 1.165) is 5.56 Å². The van der Waals surface area contributed by atoms with Gasteiger partial charge in [-0.1, -0.05) is 24.3 Å². The average molecular weight is 528 g/mol. The van der Waals surface area contributed by atoms with E-state index >= 15 is 0 Å². The number of aryl methyl sites for hydroxylation is 1. The molecule has 1 atom stereocenters. The molecule has 0 radical (unpaired) electrons. The third-order valence-electron chi connectivity index (χ3n) is 6.22. The van der Waals surface area contributed by atoms with Crippen LogP contribution in [0.3, 0.4) is 0 Å². The molecule has 2 rings (SSSR count). The van der Waals surface area contributed by atoms with Gasteiger partial charge in [0.05, 0.1) is 25.6 Å². The van der Waals surface area contributed by atoms with Crippen molar-refractivity contribution in [1.29, 1.82) is 0 Å². The van der Waals surface area contributed by atoms with Crippen molar-refractivity contribution >= 4 is 35.3 Å². The lowest BCUT2D eigenvalue weighted by Crippen LogP contribution is -2.46. The molecule has 0 bridgehead atoms. The number of nitrogens with one attached hydrogen (secondary N) is 2. The number of nitrogens with zero attached hydrogens (tertiary/aromatic N) is 3. The number of methoxy groups -OCH3 is 1. The molecule has 0 fully saturated rings. The minimum Gasteiger partial charge on any atom is -0.495 e. The number of benzene rings is 2. The summed E-state index contributed by atoms with van der Waals surface area (Å²) < 4.78 is 5.42. The van der Waals surface area contributed by atoms with E-state index in [-0.39, 0.29) is 31.3 Å². The van der Waals surface area contributed by atoms with Crippen LogP contribution < -0.4 is 15.4 Å². The summed E-state index contributed by atoms with van der Waals surface area (Å²) in [5.74, 6) is -0.712. The van der Waals surface area contributed by atoms with E-state index in [1.165, 1.54) is 21.8 Å². The van der Waals surface area contributed by atoms with Crippen LogP contribution in [0.15, 0.2) is 42.5 Å². The molecule has 2 aromatic rings. The van der Waals surface area contributed by atoms with Gasteiger partial charge in [0.2, 0.25) is 5.91 Å². The molecule has 11 nitrogen and oxygen atoms in total. The van der Waals surface area contributed by atoms with E-state index in [1.807, 2.05) is 31.2 Å². The maximum absolute atomic E-state index is 12.8. The number of carboxylic acids is 1. The zero-order valence-electron chi connectivity index (χ0n) is 22.8. The van der Waals surface area contributed by atoms with Gasteiger partial charge in [-0.05, 0) is 43.2 Å². The first-order valence-electron chi connectivity index (χ1n) is 12.2. The van der Waals surface area contributed by atoms with Crippen LogP contribution in [0, 0.1) is 6.92 Å². The van der Waals surface area contributed by atoms with E-state index in [0.29, 0.717) is 29.2 Å². The average Bonchev–Trinajstić information content (AvgIpc) is 2.87. The Kier molecular flexibility index (Phi) is 10.9. The maximum Gasteiger partial charge on any atom is 0.323 e. The molecule has 0 heterocycles. The van der Waals surface area contributed by atoms with Crippen molar-refractivity contribution < 1.29 is 29.0 Å². The number of para-hydroxylation sites is 1. The second-order valence-corrected chi connectivity index (χ2v) is 9.18. The summed E-state index contributed by atoms with van der Waals surface area (Å²) in [5.41, 5.74) is 2.80. The number of ether oxygens (including phenoxy) is 1. The molecule has 3 N–H and O–H groups in total. The molecule has 0 aliphatic rings. The Labute approximate surface area is 223 Å². The summed E-state index contributed by atoms with van der Waals surface area (Å²) in [6.45, 7) is 4.16. The van der Waals surface area contributed by atoms with Crippen molar-refractivity contribution in [3.05, 3.63) is 53.6 Å². The van der Waals surface area contributed by atoms with Crippen LogP contribution in [0.4, 0.5) is 21.0 Å². The van der Waals surface area contributed by atoms with Crippen molar-refractivity contribution in [2.24, 2.45) is 0 Å². The minimum atomic E-state index is -0.976. The molecule has 0 aliphatic heterocycles. The quantitative estimate of drug-likeness (QED) is 0.410. The lowest BCUT2D eigenvalue weighted by Gasteiger charge is -2.30. The van der Waals surface area contributed by atoms with Crippen LogP contribution in [-0.4, -0.2) is 91.1 Å². The first kappa shape index (κ1) is 29.9. The number of rotatable bonds is 11. The number of hydrogen-bond acceptors (Lipinski definition) is 5. The number of carboxylic acid groups (broad SMARTS) is 1. The van der Waals surface area contributed by atoms with Gasteiger partial charge in [-0.3, -0.25) is 9.59 Å². The summed E-state index contributed by atoms with van der Waals surface area (Å²) in [7, 11) is 6.30. The summed E-state index contributed by atoms with van der Waals surface area (Å²) in [6, 6.07) is 11.4. The topological polar surface area (TPSA) is 132 Å². The third kappa shape index (κ3) is 8.68. The highest BCUT2D eigenvalue weighted by Crippen LogP contribution is 2.26. The number of carbonyl (C=O) groups is 4. The van der Waals surface area contributed by atoms with Crippen molar-refractivity contribution in [2.75, 3.05) is 52.0 Å². The van der Waals surface area contributed by atoms with E-state index in [9.17, 15) is 19.2 Å². The highest BCUT2D eigenvalue weighted by molar-refractivity contribution is 6.01. The van der Waals surface area contributed by atoms with E-state index in [1.54, 1.807) is 46.3 Å².